The van der Waals surface area contributed by atoms with Crippen molar-refractivity contribution in [2.75, 3.05) is 23.7 Å². The first kappa shape index (κ1) is 28.2. The SMILES string of the molecule is CCCCNC(=O)C(C)N(Cc1ccccc1F)C(=O)CCCN(c1ccccc1F)S(C)(=O)=O. The second-order valence-electron chi connectivity index (χ2n) is 8.32. The fourth-order valence-electron chi connectivity index (χ4n) is 3.57. The molecule has 35 heavy (non-hydrogen) atoms. The fraction of sp³-hybridized carbons (Fsp3) is 0.440. The molecule has 7 nitrogen and oxygen atoms in total. The highest BCUT2D eigenvalue weighted by molar-refractivity contribution is 7.92. The summed E-state index contributed by atoms with van der Waals surface area (Å²) in [7, 11) is -3.80. The maximum atomic E-state index is 14.3. The molecule has 0 aliphatic rings. The maximum absolute atomic E-state index is 14.3. The number of nitrogens with zero attached hydrogens (tertiary/aromatic N) is 2. The Kier molecular flexibility index (Phi) is 10.6. The Balaban J connectivity index is 2.16. The molecule has 0 spiro atoms. The van der Waals surface area contributed by atoms with E-state index >= 15 is 0 Å². The van der Waals surface area contributed by atoms with Gasteiger partial charge in [-0.15, -0.1) is 0 Å². The second-order valence-corrected chi connectivity index (χ2v) is 10.2. The molecule has 0 heterocycles. The van der Waals surface area contributed by atoms with E-state index in [1.54, 1.807) is 19.1 Å². The summed E-state index contributed by atoms with van der Waals surface area (Å²) in [4.78, 5) is 27.1. The van der Waals surface area contributed by atoms with Gasteiger partial charge in [0.25, 0.3) is 0 Å². The highest BCUT2D eigenvalue weighted by Gasteiger charge is 2.27. The van der Waals surface area contributed by atoms with Gasteiger partial charge in [-0.25, -0.2) is 17.2 Å². The minimum Gasteiger partial charge on any atom is -0.354 e. The quantitative estimate of drug-likeness (QED) is 0.416. The third kappa shape index (κ3) is 8.31. The predicted molar refractivity (Wildman–Crippen MR) is 132 cm³/mol. The number of anilines is 1. The van der Waals surface area contributed by atoms with Crippen LogP contribution < -0.4 is 9.62 Å². The minimum atomic E-state index is -3.80. The normalized spacial score (nSPS) is 12.1. The zero-order valence-corrected chi connectivity index (χ0v) is 21.2. The Morgan fingerprint density at radius 2 is 1.63 bits per heavy atom. The Morgan fingerprint density at radius 3 is 2.23 bits per heavy atom. The number of halogens is 2. The zero-order valence-electron chi connectivity index (χ0n) is 20.3. The Hall–Kier alpha value is -3.01. The molecule has 2 aromatic carbocycles. The number of carbonyl (C=O) groups excluding carboxylic acids is 2. The van der Waals surface area contributed by atoms with Crippen LogP contribution in [0.2, 0.25) is 0 Å². The van der Waals surface area contributed by atoms with Crippen molar-refractivity contribution in [1.82, 2.24) is 10.2 Å². The van der Waals surface area contributed by atoms with E-state index in [2.05, 4.69) is 5.32 Å². The third-order valence-corrected chi connectivity index (χ3v) is 6.75. The number of rotatable bonds is 13. The molecule has 0 saturated heterocycles. The van der Waals surface area contributed by atoms with E-state index < -0.39 is 33.6 Å². The molecule has 2 aromatic rings. The van der Waals surface area contributed by atoms with Gasteiger partial charge in [-0.05, 0) is 38.0 Å². The maximum Gasteiger partial charge on any atom is 0.242 e. The van der Waals surface area contributed by atoms with Gasteiger partial charge in [0.05, 0.1) is 11.9 Å². The molecule has 10 heteroatoms. The van der Waals surface area contributed by atoms with Gasteiger partial charge >= 0.3 is 0 Å². The van der Waals surface area contributed by atoms with E-state index in [1.165, 1.54) is 35.2 Å². The molecule has 2 amide bonds. The van der Waals surface area contributed by atoms with Crippen molar-refractivity contribution < 1.29 is 26.8 Å². The van der Waals surface area contributed by atoms with E-state index in [9.17, 15) is 26.8 Å². The van der Waals surface area contributed by atoms with Gasteiger partial charge in [0, 0.05) is 31.6 Å². The van der Waals surface area contributed by atoms with Crippen molar-refractivity contribution in [1.29, 1.82) is 0 Å². The van der Waals surface area contributed by atoms with Crippen LogP contribution in [-0.2, 0) is 26.2 Å². The molecular weight excluding hydrogens is 476 g/mol. The number of benzene rings is 2. The largest absolute Gasteiger partial charge is 0.354 e. The number of para-hydroxylation sites is 1. The van der Waals surface area contributed by atoms with Crippen LogP contribution in [0.1, 0.15) is 45.1 Å². The Labute approximate surface area is 206 Å². The van der Waals surface area contributed by atoms with Gasteiger partial charge in [0.2, 0.25) is 21.8 Å². The van der Waals surface area contributed by atoms with Crippen LogP contribution in [0, 0.1) is 11.6 Å². The lowest BCUT2D eigenvalue weighted by molar-refractivity contribution is -0.140. The number of unbranched alkanes of at least 4 members (excludes halogenated alkanes) is 1. The molecule has 1 unspecified atom stereocenters. The highest BCUT2D eigenvalue weighted by Crippen LogP contribution is 2.22. The van der Waals surface area contributed by atoms with Crippen molar-refractivity contribution in [2.24, 2.45) is 0 Å². The summed E-state index contributed by atoms with van der Waals surface area (Å²) >= 11 is 0. The molecule has 0 radical (unpaired) electrons. The summed E-state index contributed by atoms with van der Waals surface area (Å²) in [6, 6.07) is 10.6. The molecule has 0 saturated carbocycles. The van der Waals surface area contributed by atoms with E-state index in [0.29, 0.717) is 6.54 Å². The summed E-state index contributed by atoms with van der Waals surface area (Å²) in [5.41, 5.74) is 0.160. The van der Waals surface area contributed by atoms with Crippen LogP contribution in [-0.4, -0.2) is 50.5 Å². The van der Waals surface area contributed by atoms with Gasteiger partial charge in [0.15, 0.2) is 0 Å². The molecule has 0 aliphatic heterocycles. The second kappa shape index (κ2) is 13.2. The first-order valence-corrected chi connectivity index (χ1v) is 13.4. The van der Waals surface area contributed by atoms with Gasteiger partial charge in [0.1, 0.15) is 17.7 Å². The van der Waals surface area contributed by atoms with E-state index in [1.807, 2.05) is 6.92 Å². The molecule has 2 rings (SSSR count). The van der Waals surface area contributed by atoms with Crippen LogP contribution in [0.15, 0.2) is 48.5 Å². The minimum absolute atomic E-state index is 0.0815. The van der Waals surface area contributed by atoms with Crippen molar-refractivity contribution >= 4 is 27.5 Å². The first-order chi connectivity index (χ1) is 16.6. The molecule has 192 valence electrons. The van der Waals surface area contributed by atoms with Crippen LogP contribution in [0.4, 0.5) is 14.5 Å². The highest BCUT2D eigenvalue weighted by atomic mass is 32.2. The van der Waals surface area contributed by atoms with Crippen molar-refractivity contribution in [3.8, 4) is 0 Å². The molecule has 0 aromatic heterocycles. The van der Waals surface area contributed by atoms with Gasteiger partial charge in [-0.2, -0.15) is 0 Å². The van der Waals surface area contributed by atoms with E-state index in [-0.39, 0.29) is 43.1 Å². The Morgan fingerprint density at radius 1 is 1.00 bits per heavy atom. The average Bonchev–Trinajstić information content (AvgIpc) is 2.80. The third-order valence-electron chi connectivity index (χ3n) is 5.57. The topological polar surface area (TPSA) is 86.8 Å². The molecule has 1 N–H and O–H groups in total. The molecule has 0 aliphatic carbocycles. The van der Waals surface area contributed by atoms with Gasteiger partial charge in [-0.3, -0.25) is 13.9 Å². The molecule has 0 bridgehead atoms. The van der Waals surface area contributed by atoms with Crippen molar-refractivity contribution in [2.45, 2.75) is 52.1 Å². The van der Waals surface area contributed by atoms with Crippen LogP contribution >= 0.6 is 0 Å². The monoisotopic (exact) mass is 509 g/mol. The number of hydrogen-bond donors (Lipinski definition) is 1. The van der Waals surface area contributed by atoms with Crippen LogP contribution in [0.3, 0.4) is 0 Å². The molecular formula is C25H33F2N3O4S. The lowest BCUT2D eigenvalue weighted by Crippen LogP contribution is -2.48. The summed E-state index contributed by atoms with van der Waals surface area (Å²) < 4.78 is 54.0. The molecule has 0 fully saturated rings. The first-order valence-electron chi connectivity index (χ1n) is 11.6. The van der Waals surface area contributed by atoms with E-state index in [4.69, 9.17) is 0 Å². The summed E-state index contributed by atoms with van der Waals surface area (Å²) in [5, 5.41) is 2.79. The van der Waals surface area contributed by atoms with Crippen LogP contribution in [0.5, 0.6) is 0 Å². The number of amides is 2. The number of hydrogen-bond acceptors (Lipinski definition) is 4. The summed E-state index contributed by atoms with van der Waals surface area (Å²) in [5.74, 6) is -1.98. The van der Waals surface area contributed by atoms with E-state index in [0.717, 1.165) is 29.5 Å². The predicted octanol–water partition coefficient (Wildman–Crippen LogP) is 3.84. The number of sulfonamides is 1. The Bertz CT molecular complexity index is 1110. The standard InChI is InChI=1S/C25H33F2N3O4S/c1-4-5-16-28-25(32)19(2)29(18-20-11-6-7-12-21(20)26)24(31)15-10-17-30(35(3,33)34)23-14-9-8-13-22(23)27/h6-9,11-14,19H,4-5,10,15-18H2,1-3H3,(H,28,32). The zero-order chi connectivity index (χ0) is 26.0. The van der Waals surface area contributed by atoms with Crippen LogP contribution in [0.25, 0.3) is 0 Å². The van der Waals surface area contributed by atoms with Crippen molar-refractivity contribution in [3.05, 3.63) is 65.7 Å². The lowest BCUT2D eigenvalue weighted by atomic mass is 10.1. The summed E-state index contributed by atoms with van der Waals surface area (Å²) in [6.45, 7) is 3.79. The van der Waals surface area contributed by atoms with Gasteiger partial charge < -0.3 is 10.2 Å². The summed E-state index contributed by atoms with van der Waals surface area (Å²) in [6.07, 6.45) is 2.62. The number of carbonyl (C=O) groups is 2. The number of nitrogens with one attached hydrogen (secondary N) is 1. The average molecular weight is 510 g/mol. The fourth-order valence-corrected chi connectivity index (χ4v) is 4.53. The van der Waals surface area contributed by atoms with Crippen molar-refractivity contribution in [3.63, 3.8) is 0 Å². The molecule has 1 atom stereocenters. The lowest BCUT2D eigenvalue weighted by Gasteiger charge is -2.29. The smallest absolute Gasteiger partial charge is 0.242 e. The van der Waals surface area contributed by atoms with Gasteiger partial charge in [-0.1, -0.05) is 43.7 Å².